The summed E-state index contributed by atoms with van der Waals surface area (Å²) < 4.78 is 27.8. The minimum absolute atomic E-state index is 0. The predicted octanol–water partition coefficient (Wildman–Crippen LogP) is 1.87. The van der Waals surface area contributed by atoms with Crippen LogP contribution < -0.4 is 0 Å². The number of carbonyl (C=O) groups is 12. The van der Waals surface area contributed by atoms with Crippen LogP contribution in [0.5, 0.6) is 0 Å². The maximum atomic E-state index is 12.2. The van der Waals surface area contributed by atoms with Crippen molar-refractivity contribution in [1.82, 2.24) is 0 Å². The van der Waals surface area contributed by atoms with E-state index in [-0.39, 0.29) is 58.3 Å². The maximum Gasteiger partial charge on any atom is 0.320 e. The Morgan fingerprint density at radius 1 is 0.431 bits per heavy atom. The van der Waals surface area contributed by atoms with Gasteiger partial charge in [0.05, 0.1) is 71.0 Å². The molecule has 0 N–H and O–H groups in total. The highest BCUT2D eigenvalue weighted by Crippen LogP contribution is 2.57. The van der Waals surface area contributed by atoms with Crippen LogP contribution in [0.4, 0.5) is 0 Å². The lowest BCUT2D eigenvalue weighted by molar-refractivity contribution is -0.180. The van der Waals surface area contributed by atoms with Crippen molar-refractivity contribution < 1.29 is 86.0 Å². The molecule has 9 atom stereocenters. The van der Waals surface area contributed by atoms with E-state index in [0.29, 0.717) is 25.7 Å². The van der Waals surface area contributed by atoms with E-state index in [1.54, 1.807) is 0 Å². The van der Waals surface area contributed by atoms with Crippen LogP contribution in [0, 0.1) is 51.8 Å². The van der Waals surface area contributed by atoms with E-state index in [2.05, 4.69) is 18.9 Å². The predicted molar refractivity (Wildman–Crippen MR) is 182 cm³/mol. The molecule has 3 saturated carbocycles. The molecule has 18 nitrogen and oxygen atoms in total. The van der Waals surface area contributed by atoms with Gasteiger partial charge in [-0.2, -0.15) is 0 Å². The topological polar surface area (TPSA) is 260 Å². The Morgan fingerprint density at radius 2 is 0.862 bits per heavy atom. The van der Waals surface area contributed by atoms with E-state index in [9.17, 15) is 57.5 Å². The summed E-state index contributed by atoms with van der Waals surface area (Å²) in [5.41, 5.74) is -2.04. The number of cyclic esters (lactones) is 12. The zero-order chi connectivity index (χ0) is 40.6. The monoisotopic (exact) mass is 806 g/mol. The summed E-state index contributed by atoms with van der Waals surface area (Å²) in [6, 6.07) is 9.25. The third-order valence-corrected chi connectivity index (χ3v) is 13.0. The van der Waals surface area contributed by atoms with Gasteiger partial charge in [-0.05, 0) is 62.8 Å². The zero-order valence-corrected chi connectivity index (χ0v) is 30.1. The van der Waals surface area contributed by atoms with Crippen LogP contribution in [-0.2, 0) is 86.0 Å². The van der Waals surface area contributed by atoms with Crippen LogP contribution in [0.1, 0.15) is 89.5 Å². The van der Waals surface area contributed by atoms with Gasteiger partial charge >= 0.3 is 71.6 Å². The van der Waals surface area contributed by atoms with Crippen LogP contribution in [-0.4, -0.2) is 71.6 Å². The first-order chi connectivity index (χ1) is 27.0. The molecule has 10 rings (SSSR count). The van der Waals surface area contributed by atoms with Gasteiger partial charge in [-0.3, -0.25) is 57.5 Å². The Balaban J connectivity index is 0.000000134. The molecule has 0 amide bonds. The molecular weight excluding hydrogens is 768 g/mol. The van der Waals surface area contributed by atoms with Crippen molar-refractivity contribution in [3.8, 4) is 0 Å². The summed E-state index contributed by atoms with van der Waals surface area (Å²) in [4.78, 5) is 139. The van der Waals surface area contributed by atoms with Gasteiger partial charge in [-0.15, -0.1) is 0 Å². The largest absolute Gasteiger partial charge is 0.393 e. The molecular formula is C40H38O18. The molecule has 306 valence electrons. The number of rotatable bonds is 1. The van der Waals surface area contributed by atoms with Gasteiger partial charge in [0.15, 0.2) is 0 Å². The Kier molecular flexibility index (Phi) is 10.0. The second-order valence-electron chi connectivity index (χ2n) is 16.4. The lowest BCUT2D eigenvalue weighted by atomic mass is 9.59. The highest BCUT2D eigenvalue weighted by Gasteiger charge is 2.63. The number of carbonyl (C=O) groups excluding carboxylic acids is 12. The summed E-state index contributed by atoms with van der Waals surface area (Å²) in [6.07, 6.45) is 2.30. The summed E-state index contributed by atoms with van der Waals surface area (Å²) >= 11 is 0. The molecule has 6 heterocycles. The second-order valence-corrected chi connectivity index (χ2v) is 16.4. The summed E-state index contributed by atoms with van der Waals surface area (Å²) in [7, 11) is 0. The Hall–Kier alpha value is -5.94. The van der Waals surface area contributed by atoms with Gasteiger partial charge in [0.2, 0.25) is 0 Å². The standard InChI is InChI=1S/C17H14O6.2C11H10O6.CH4/c18-12-8-17(16(21)22-12)6-10(9-4-2-1-3-5-9)13-11(7-17)14(19)23-15(13)20;12-7-4-11(10(15)16-7)2-5-1-6(3-11)9(14)17-8(5)13;12-7-4-11(10(15)16-7)2-1-5-6(3-11)9(14)17-8(5)13;/h1-5,10-11,13H,6-8H2;2*5-6H,1-4H2;1H4. The number of esters is 12. The van der Waals surface area contributed by atoms with E-state index in [1.165, 1.54) is 0 Å². The molecule has 0 radical (unpaired) electrons. The number of hydrogen-bond donors (Lipinski definition) is 0. The fraction of sp³-hybridized carbons (Fsp3) is 0.550. The van der Waals surface area contributed by atoms with E-state index in [0.717, 1.165) is 5.56 Å². The van der Waals surface area contributed by atoms with Crippen LogP contribution in [0.3, 0.4) is 0 Å². The molecule has 3 aliphatic carbocycles. The molecule has 58 heavy (non-hydrogen) atoms. The van der Waals surface area contributed by atoms with Gasteiger partial charge in [0.1, 0.15) is 0 Å². The minimum Gasteiger partial charge on any atom is -0.393 e. The number of fused-ring (bicyclic) bond motifs is 4. The van der Waals surface area contributed by atoms with Crippen molar-refractivity contribution in [1.29, 1.82) is 0 Å². The molecule has 1 aromatic carbocycles. The molecule has 18 heteroatoms. The highest BCUT2D eigenvalue weighted by atomic mass is 16.6. The minimum atomic E-state index is -1.03. The lowest BCUT2D eigenvalue weighted by Crippen LogP contribution is -2.47. The molecule has 3 spiro atoms. The molecule has 1 aromatic rings. The van der Waals surface area contributed by atoms with Crippen LogP contribution in [0.15, 0.2) is 30.3 Å². The highest BCUT2D eigenvalue weighted by molar-refractivity contribution is 6.03. The van der Waals surface area contributed by atoms with Crippen LogP contribution in [0.2, 0.25) is 0 Å². The van der Waals surface area contributed by atoms with Gasteiger partial charge in [0, 0.05) is 0 Å². The summed E-state index contributed by atoms with van der Waals surface area (Å²) in [5, 5.41) is 0. The average Bonchev–Trinajstić information content (AvgIpc) is 3.87. The summed E-state index contributed by atoms with van der Waals surface area (Å²) in [6.45, 7) is 0. The maximum absolute atomic E-state index is 12.2. The van der Waals surface area contributed by atoms with Crippen molar-refractivity contribution >= 4 is 71.6 Å². The first-order valence-corrected chi connectivity index (χ1v) is 18.6. The second kappa shape index (κ2) is 14.5. The van der Waals surface area contributed by atoms with Crippen LogP contribution >= 0.6 is 0 Å². The Morgan fingerprint density at radius 3 is 1.40 bits per heavy atom. The van der Waals surface area contributed by atoms with E-state index >= 15 is 0 Å². The van der Waals surface area contributed by atoms with E-state index < -0.39 is 123 Å². The average molecular weight is 807 g/mol. The first kappa shape index (κ1) is 40.3. The van der Waals surface area contributed by atoms with Gasteiger partial charge in [-0.1, -0.05) is 37.8 Å². The first-order valence-electron chi connectivity index (χ1n) is 18.6. The molecule has 9 unspecified atom stereocenters. The quantitative estimate of drug-likeness (QED) is 0.223. The van der Waals surface area contributed by atoms with Crippen molar-refractivity contribution in [3.05, 3.63) is 35.9 Å². The van der Waals surface area contributed by atoms with Crippen molar-refractivity contribution in [2.75, 3.05) is 0 Å². The van der Waals surface area contributed by atoms with Crippen molar-refractivity contribution in [3.63, 3.8) is 0 Å². The molecule has 2 bridgehead atoms. The fourth-order valence-electron chi connectivity index (χ4n) is 10.3. The number of benzene rings is 1. The number of hydrogen-bond acceptors (Lipinski definition) is 18. The fourth-order valence-corrected chi connectivity index (χ4v) is 10.3. The molecule has 0 aromatic heterocycles. The smallest absolute Gasteiger partial charge is 0.320 e. The van der Waals surface area contributed by atoms with Crippen molar-refractivity contribution in [2.24, 2.45) is 51.8 Å². The van der Waals surface area contributed by atoms with Gasteiger partial charge < -0.3 is 28.4 Å². The summed E-state index contributed by atoms with van der Waals surface area (Å²) in [5.74, 6) is -10.4. The molecule has 6 aliphatic heterocycles. The Bertz CT molecular complexity index is 2060. The Labute approximate surface area is 328 Å². The number of ether oxygens (including phenoxy) is 6. The molecule has 9 aliphatic rings. The lowest BCUT2D eigenvalue weighted by Gasteiger charge is -2.39. The third kappa shape index (κ3) is 6.70. The normalized spacial score (nSPS) is 38.0. The third-order valence-electron chi connectivity index (χ3n) is 13.0. The SMILES string of the molecule is C.O=C1CC2(CC3C(=O)OC(=O)C3C(c3ccccc3)C2)C(=O)O1.O=C1CC2(CC3CC(C2)C(=O)OC3=O)C(=O)O1.O=C1CC2(CCC3C(=O)OC(=O)C3C2)C(=O)O1. The zero-order valence-electron chi connectivity index (χ0n) is 30.1. The van der Waals surface area contributed by atoms with Crippen LogP contribution in [0.25, 0.3) is 0 Å². The van der Waals surface area contributed by atoms with E-state index in [1.807, 2.05) is 30.3 Å². The molecule has 9 fully saturated rings. The molecule has 6 saturated heterocycles. The van der Waals surface area contributed by atoms with Gasteiger partial charge in [-0.25, -0.2) is 0 Å². The van der Waals surface area contributed by atoms with E-state index in [4.69, 9.17) is 9.47 Å². The van der Waals surface area contributed by atoms with Crippen molar-refractivity contribution in [2.45, 2.75) is 84.0 Å². The van der Waals surface area contributed by atoms with Gasteiger partial charge in [0.25, 0.3) is 0 Å².